The van der Waals surface area contributed by atoms with Crippen LogP contribution in [-0.2, 0) is 14.3 Å². The van der Waals surface area contributed by atoms with Crippen molar-refractivity contribution in [1.82, 2.24) is 5.32 Å². The van der Waals surface area contributed by atoms with Gasteiger partial charge in [0.2, 0.25) is 5.91 Å². The Kier molecular flexibility index (Phi) is 47.7. The fourth-order valence-electron chi connectivity index (χ4n) is 7.49. The van der Waals surface area contributed by atoms with E-state index in [1.54, 1.807) is 0 Å². The van der Waals surface area contributed by atoms with Crippen molar-refractivity contribution in [3.63, 3.8) is 0 Å². The Morgan fingerprint density at radius 2 is 0.873 bits per heavy atom. The maximum absolute atomic E-state index is 13.2. The third kappa shape index (κ3) is 45.4. The smallest absolute Gasteiger partial charge is 0.306 e. The van der Waals surface area contributed by atoms with E-state index in [2.05, 4.69) is 111 Å². The second-order valence-corrected chi connectivity index (χ2v) is 17.5. The molecule has 3 N–H and O–H groups in total. The third-order valence-corrected chi connectivity index (χ3v) is 11.5. The summed E-state index contributed by atoms with van der Waals surface area (Å²) in [5.74, 6) is -0.543. The first-order chi connectivity index (χ1) is 31.0. The van der Waals surface area contributed by atoms with E-state index in [0.717, 1.165) is 96.3 Å². The zero-order valence-corrected chi connectivity index (χ0v) is 41.2. The number of hydrogen-bond acceptors (Lipinski definition) is 5. The quantitative estimate of drug-likeness (QED) is 0.0322. The molecule has 0 aliphatic carbocycles. The molecule has 0 spiro atoms. The number of carbonyl (C=O) groups excluding carboxylic acids is 2. The van der Waals surface area contributed by atoms with Gasteiger partial charge in [0, 0.05) is 6.42 Å². The van der Waals surface area contributed by atoms with Gasteiger partial charge >= 0.3 is 5.97 Å². The molecule has 0 saturated heterocycles. The molecule has 6 heteroatoms. The van der Waals surface area contributed by atoms with E-state index in [1.165, 1.54) is 96.3 Å². The van der Waals surface area contributed by atoms with Gasteiger partial charge in [-0.05, 0) is 96.3 Å². The first kappa shape index (κ1) is 60.0. The lowest BCUT2D eigenvalue weighted by molar-refractivity contribution is -0.151. The van der Waals surface area contributed by atoms with Crippen LogP contribution in [0.3, 0.4) is 0 Å². The van der Waals surface area contributed by atoms with Gasteiger partial charge in [0.25, 0.3) is 0 Å². The number of aliphatic hydroxyl groups excluding tert-OH is 2. The van der Waals surface area contributed by atoms with Crippen molar-refractivity contribution in [2.75, 3.05) is 6.61 Å². The van der Waals surface area contributed by atoms with E-state index in [9.17, 15) is 19.8 Å². The van der Waals surface area contributed by atoms with Crippen LogP contribution in [0.15, 0.2) is 85.1 Å². The first-order valence-corrected chi connectivity index (χ1v) is 26.3. The van der Waals surface area contributed by atoms with E-state index < -0.39 is 18.2 Å². The van der Waals surface area contributed by atoms with E-state index in [0.29, 0.717) is 19.3 Å². The zero-order chi connectivity index (χ0) is 45.9. The lowest BCUT2D eigenvalue weighted by Crippen LogP contribution is -2.46. The van der Waals surface area contributed by atoms with Crippen molar-refractivity contribution in [2.45, 2.75) is 257 Å². The van der Waals surface area contributed by atoms with Crippen molar-refractivity contribution in [3.8, 4) is 0 Å². The molecule has 362 valence electrons. The van der Waals surface area contributed by atoms with Gasteiger partial charge < -0.3 is 20.3 Å². The fraction of sp³-hybridized carbons (Fsp3) is 0.719. The predicted molar refractivity (Wildman–Crippen MR) is 273 cm³/mol. The second-order valence-electron chi connectivity index (χ2n) is 17.5. The highest BCUT2D eigenvalue weighted by atomic mass is 16.5. The molecule has 0 aliphatic heterocycles. The molecule has 0 aliphatic rings. The molecule has 0 aromatic carbocycles. The topological polar surface area (TPSA) is 95.9 Å². The summed E-state index contributed by atoms with van der Waals surface area (Å²) in [6.07, 6.45) is 65.0. The van der Waals surface area contributed by atoms with Crippen LogP contribution in [0.1, 0.15) is 239 Å². The summed E-state index contributed by atoms with van der Waals surface area (Å²) in [4.78, 5) is 26.2. The van der Waals surface area contributed by atoms with Gasteiger partial charge in [-0.15, -0.1) is 0 Å². The van der Waals surface area contributed by atoms with E-state index >= 15 is 0 Å². The number of hydrogen-bond donors (Lipinski definition) is 3. The van der Waals surface area contributed by atoms with Crippen molar-refractivity contribution < 1.29 is 24.5 Å². The summed E-state index contributed by atoms with van der Waals surface area (Å²) in [6, 6.07) is -0.725. The first-order valence-electron chi connectivity index (χ1n) is 26.3. The van der Waals surface area contributed by atoms with Crippen molar-refractivity contribution in [3.05, 3.63) is 85.1 Å². The highest BCUT2D eigenvalue weighted by Crippen LogP contribution is 2.17. The summed E-state index contributed by atoms with van der Waals surface area (Å²) in [5.41, 5.74) is 0. The minimum absolute atomic E-state index is 0.0316. The van der Waals surface area contributed by atoms with Gasteiger partial charge in [-0.2, -0.15) is 0 Å². The molecule has 1 amide bonds. The van der Waals surface area contributed by atoms with Crippen LogP contribution < -0.4 is 5.32 Å². The molecular weight excluding hydrogens is 779 g/mol. The molecule has 3 unspecified atom stereocenters. The lowest BCUT2D eigenvalue weighted by Gasteiger charge is -2.24. The lowest BCUT2D eigenvalue weighted by atomic mass is 10.0. The average Bonchev–Trinajstić information content (AvgIpc) is 3.28. The van der Waals surface area contributed by atoms with Crippen LogP contribution in [0.25, 0.3) is 0 Å². The van der Waals surface area contributed by atoms with Crippen LogP contribution in [0, 0.1) is 0 Å². The zero-order valence-electron chi connectivity index (χ0n) is 41.2. The second kappa shape index (κ2) is 50.0. The molecule has 0 aromatic rings. The van der Waals surface area contributed by atoms with Crippen LogP contribution in [0.2, 0.25) is 0 Å². The Balaban J connectivity index is 4.71. The number of ether oxygens (including phenoxy) is 1. The number of rotatable bonds is 46. The number of nitrogens with one attached hydrogen (secondary N) is 1. The van der Waals surface area contributed by atoms with Gasteiger partial charge in [0.15, 0.2) is 0 Å². The molecule has 0 rings (SSSR count). The van der Waals surface area contributed by atoms with E-state index in [1.807, 2.05) is 0 Å². The van der Waals surface area contributed by atoms with Crippen molar-refractivity contribution >= 4 is 11.9 Å². The largest absolute Gasteiger partial charge is 0.462 e. The highest BCUT2D eigenvalue weighted by Gasteiger charge is 2.24. The summed E-state index contributed by atoms with van der Waals surface area (Å²) in [6.45, 7) is 6.31. The van der Waals surface area contributed by atoms with E-state index in [4.69, 9.17) is 4.74 Å². The highest BCUT2D eigenvalue weighted by molar-refractivity contribution is 5.77. The SMILES string of the molecule is CC/C=C\C/C=C\C/C=C\C/C=C\C/C=C\CCCC(CC(=O)NC(CO)C(O)CCCCCCCCCCCC)OC(=O)CCCCCCCCC/C=C\C/C=C\CCCCC. The van der Waals surface area contributed by atoms with Crippen molar-refractivity contribution in [2.24, 2.45) is 0 Å². The number of amides is 1. The van der Waals surface area contributed by atoms with Gasteiger partial charge in [0.1, 0.15) is 6.10 Å². The minimum atomic E-state index is -0.807. The molecule has 0 bridgehead atoms. The molecule has 63 heavy (non-hydrogen) atoms. The number of allylic oxidation sites excluding steroid dienone is 14. The Hall–Kier alpha value is -2.96. The molecule has 0 heterocycles. The molecule has 6 nitrogen and oxygen atoms in total. The maximum Gasteiger partial charge on any atom is 0.306 e. The summed E-state index contributed by atoms with van der Waals surface area (Å²) >= 11 is 0. The fourth-order valence-corrected chi connectivity index (χ4v) is 7.49. The molecular formula is C57H99NO5. The van der Waals surface area contributed by atoms with Gasteiger partial charge in [-0.1, -0.05) is 215 Å². The van der Waals surface area contributed by atoms with Gasteiger partial charge in [0.05, 0.1) is 25.2 Å². The number of esters is 1. The number of unbranched alkanes of at least 4 members (excludes halogenated alkanes) is 20. The number of aliphatic hydroxyl groups is 2. The Bertz CT molecular complexity index is 1210. The molecule has 0 radical (unpaired) electrons. The minimum Gasteiger partial charge on any atom is -0.462 e. The average molecular weight is 878 g/mol. The standard InChI is InChI=1S/C57H99NO5/c1-4-7-10-13-16-19-22-24-26-28-30-32-34-36-39-42-45-48-53(51-56(61)58-54(52-59)55(60)49-46-43-40-37-21-18-15-12-9-6-3)63-57(62)50-47-44-41-38-35-33-31-29-27-25-23-20-17-14-11-8-5-2/h7,10,16-17,19-20,24-27,30,32,36,39,53-55,59-60H,4-6,8-9,11-15,18,21-23,28-29,31,33-35,37-38,40-52H2,1-3H3,(H,58,61)/b10-7-,19-16-,20-17-,26-24-,27-25-,32-30-,39-36-. The van der Waals surface area contributed by atoms with E-state index in [-0.39, 0.29) is 24.9 Å². The van der Waals surface area contributed by atoms with Crippen LogP contribution in [0.4, 0.5) is 0 Å². The van der Waals surface area contributed by atoms with Crippen LogP contribution in [0.5, 0.6) is 0 Å². The summed E-state index contributed by atoms with van der Waals surface area (Å²) in [7, 11) is 0. The number of carbonyl (C=O) groups is 2. The van der Waals surface area contributed by atoms with Gasteiger partial charge in [-0.3, -0.25) is 9.59 Å². The Morgan fingerprint density at radius 3 is 1.37 bits per heavy atom. The summed E-state index contributed by atoms with van der Waals surface area (Å²) in [5, 5.41) is 23.7. The van der Waals surface area contributed by atoms with Crippen LogP contribution >= 0.6 is 0 Å². The monoisotopic (exact) mass is 878 g/mol. The Morgan fingerprint density at radius 1 is 0.476 bits per heavy atom. The normalized spacial score (nSPS) is 13.9. The third-order valence-electron chi connectivity index (χ3n) is 11.5. The molecule has 0 saturated carbocycles. The summed E-state index contributed by atoms with van der Waals surface area (Å²) < 4.78 is 5.91. The predicted octanol–water partition coefficient (Wildman–Crippen LogP) is 16.0. The maximum atomic E-state index is 13.2. The van der Waals surface area contributed by atoms with Crippen molar-refractivity contribution in [1.29, 1.82) is 0 Å². The van der Waals surface area contributed by atoms with Crippen LogP contribution in [-0.4, -0.2) is 46.9 Å². The molecule has 0 fully saturated rings. The Labute approximate surface area is 389 Å². The van der Waals surface area contributed by atoms with Gasteiger partial charge in [-0.25, -0.2) is 0 Å². The molecule has 0 aromatic heterocycles. The molecule has 3 atom stereocenters.